The van der Waals surface area contributed by atoms with Crippen molar-refractivity contribution in [3.8, 4) is 11.1 Å². The van der Waals surface area contributed by atoms with Gasteiger partial charge >= 0.3 is 0 Å². The molecule has 0 aliphatic carbocycles. The number of nitrogens with one attached hydrogen (secondary N) is 1. The van der Waals surface area contributed by atoms with Crippen molar-refractivity contribution < 1.29 is 9.59 Å². The van der Waals surface area contributed by atoms with Crippen LogP contribution in [0.3, 0.4) is 0 Å². The van der Waals surface area contributed by atoms with Gasteiger partial charge in [-0.05, 0) is 62.9 Å². The average molecular weight is 427 g/mol. The zero-order chi connectivity index (χ0) is 23.0. The van der Waals surface area contributed by atoms with Gasteiger partial charge in [0, 0.05) is 17.6 Å². The highest BCUT2D eigenvalue weighted by molar-refractivity contribution is 6.06. The molecule has 0 bridgehead atoms. The van der Waals surface area contributed by atoms with E-state index in [-0.39, 0.29) is 11.8 Å². The summed E-state index contributed by atoms with van der Waals surface area (Å²) in [5.41, 5.74) is 6.13. The molecule has 1 aliphatic heterocycles. The van der Waals surface area contributed by atoms with Gasteiger partial charge < -0.3 is 10.2 Å². The van der Waals surface area contributed by atoms with Crippen molar-refractivity contribution in [1.29, 1.82) is 0 Å². The fourth-order valence-corrected chi connectivity index (χ4v) is 4.57. The summed E-state index contributed by atoms with van der Waals surface area (Å²) in [5.74, 6) is -0.305. The Hall–Kier alpha value is -3.40. The van der Waals surface area contributed by atoms with E-state index in [0.717, 1.165) is 33.4 Å². The third-order valence-electron chi connectivity index (χ3n) is 5.66. The Bertz CT molecular complexity index is 1170. The van der Waals surface area contributed by atoms with Gasteiger partial charge in [0.15, 0.2) is 0 Å². The minimum Gasteiger partial charge on any atom is -0.349 e. The lowest BCUT2D eigenvalue weighted by molar-refractivity contribution is -0.127. The molecule has 1 atom stereocenters. The predicted molar refractivity (Wildman–Crippen MR) is 128 cm³/mol. The summed E-state index contributed by atoms with van der Waals surface area (Å²) in [5, 5.41) is 3.11. The summed E-state index contributed by atoms with van der Waals surface area (Å²) in [6, 6.07) is 21.0. The number of hydrogen-bond donors (Lipinski definition) is 1. The maximum Gasteiger partial charge on any atom is 0.255 e. The molecule has 32 heavy (non-hydrogen) atoms. The van der Waals surface area contributed by atoms with Crippen LogP contribution in [-0.4, -0.2) is 22.3 Å². The minimum absolute atomic E-state index is 0.134. The van der Waals surface area contributed by atoms with Crippen molar-refractivity contribution in [2.75, 3.05) is 0 Å². The van der Waals surface area contributed by atoms with Gasteiger partial charge in [-0.2, -0.15) is 0 Å². The Morgan fingerprint density at radius 1 is 0.875 bits per heavy atom. The molecule has 1 unspecified atom stereocenters. The van der Waals surface area contributed by atoms with Crippen LogP contribution in [-0.2, 0) is 11.3 Å². The van der Waals surface area contributed by atoms with Crippen molar-refractivity contribution in [3.05, 3.63) is 94.5 Å². The van der Waals surface area contributed by atoms with Crippen LogP contribution >= 0.6 is 0 Å². The molecular formula is C28H30N2O2. The topological polar surface area (TPSA) is 49.4 Å². The first-order chi connectivity index (χ1) is 15.1. The Morgan fingerprint density at radius 2 is 1.44 bits per heavy atom. The molecule has 0 spiro atoms. The quantitative estimate of drug-likeness (QED) is 0.594. The van der Waals surface area contributed by atoms with Crippen molar-refractivity contribution >= 4 is 11.8 Å². The maximum absolute atomic E-state index is 13.9. The van der Waals surface area contributed by atoms with Crippen LogP contribution in [0.5, 0.6) is 0 Å². The molecule has 4 heteroatoms. The summed E-state index contributed by atoms with van der Waals surface area (Å²) in [4.78, 5) is 29.3. The number of carbonyl (C=O) groups excluding carboxylic acids is 2. The number of hydrogen-bond acceptors (Lipinski definition) is 2. The molecule has 0 saturated carbocycles. The first-order valence-electron chi connectivity index (χ1n) is 11.0. The molecule has 1 N–H and O–H groups in total. The Balaban J connectivity index is 1.91. The van der Waals surface area contributed by atoms with Gasteiger partial charge in [-0.1, -0.05) is 71.8 Å². The minimum atomic E-state index is -0.730. The smallest absolute Gasteiger partial charge is 0.255 e. The molecule has 0 fully saturated rings. The molecule has 0 aromatic heterocycles. The summed E-state index contributed by atoms with van der Waals surface area (Å²) in [7, 11) is 0. The fourth-order valence-electron chi connectivity index (χ4n) is 4.57. The fraction of sp³-hybridized carbons (Fsp3) is 0.286. The molecule has 3 aromatic rings. The SMILES string of the molecule is Cc1cc(C)cc(CN2C(=O)c3ccccc3-c3ccccc3C2C(=O)NC(C)(C)C)c1. The van der Waals surface area contributed by atoms with E-state index < -0.39 is 11.6 Å². The monoisotopic (exact) mass is 426 g/mol. The number of nitrogens with zero attached hydrogens (tertiary/aromatic N) is 1. The number of fused-ring (bicyclic) bond motifs is 3. The van der Waals surface area contributed by atoms with Gasteiger partial charge in [0.1, 0.15) is 6.04 Å². The van der Waals surface area contributed by atoms with E-state index in [2.05, 4.69) is 37.4 Å². The van der Waals surface area contributed by atoms with Gasteiger partial charge in [0.25, 0.3) is 5.91 Å². The maximum atomic E-state index is 13.9. The van der Waals surface area contributed by atoms with Crippen molar-refractivity contribution in [1.82, 2.24) is 10.2 Å². The number of aryl methyl sites for hydroxylation is 2. The number of carbonyl (C=O) groups is 2. The van der Waals surface area contributed by atoms with Crippen molar-refractivity contribution in [2.24, 2.45) is 0 Å². The lowest BCUT2D eigenvalue weighted by Crippen LogP contribution is -2.48. The number of rotatable bonds is 3. The second-order valence-electron chi connectivity index (χ2n) is 9.70. The lowest BCUT2D eigenvalue weighted by atomic mass is 9.93. The molecule has 0 saturated heterocycles. The highest BCUT2D eigenvalue weighted by atomic mass is 16.2. The van der Waals surface area contributed by atoms with Crippen molar-refractivity contribution in [2.45, 2.75) is 52.7 Å². The molecule has 0 radical (unpaired) electrons. The second-order valence-corrected chi connectivity index (χ2v) is 9.70. The first kappa shape index (κ1) is 21.8. The van der Waals surface area contributed by atoms with Gasteiger partial charge in [-0.3, -0.25) is 9.59 Å². The molecule has 2 amide bonds. The van der Waals surface area contributed by atoms with Gasteiger partial charge in [-0.25, -0.2) is 0 Å². The molecule has 4 nitrogen and oxygen atoms in total. The predicted octanol–water partition coefficient (Wildman–Crippen LogP) is 5.58. The molecular weight excluding hydrogens is 396 g/mol. The highest BCUT2D eigenvalue weighted by Crippen LogP contribution is 2.39. The standard InChI is InChI=1S/C28H30N2O2/c1-18-14-19(2)16-20(15-18)17-30-25(26(31)29-28(3,4)5)23-12-8-6-10-21(23)22-11-7-9-13-24(22)27(30)32/h6-16,25H,17H2,1-5H3,(H,29,31). The van der Waals surface area contributed by atoms with Crippen LogP contribution in [0.4, 0.5) is 0 Å². The van der Waals surface area contributed by atoms with E-state index in [1.807, 2.05) is 69.3 Å². The summed E-state index contributed by atoms with van der Waals surface area (Å²) < 4.78 is 0. The number of amides is 2. The van der Waals surface area contributed by atoms with E-state index in [9.17, 15) is 9.59 Å². The summed E-state index contributed by atoms with van der Waals surface area (Å²) in [6.07, 6.45) is 0. The van der Waals surface area contributed by atoms with Crippen LogP contribution in [0, 0.1) is 13.8 Å². The zero-order valence-electron chi connectivity index (χ0n) is 19.4. The molecule has 4 rings (SSSR count). The largest absolute Gasteiger partial charge is 0.349 e. The van der Waals surface area contributed by atoms with Crippen LogP contribution < -0.4 is 5.32 Å². The zero-order valence-corrected chi connectivity index (χ0v) is 19.4. The van der Waals surface area contributed by atoms with Crippen LogP contribution in [0.1, 0.15) is 59.4 Å². The van der Waals surface area contributed by atoms with E-state index in [1.54, 1.807) is 4.90 Å². The van der Waals surface area contributed by atoms with E-state index in [4.69, 9.17) is 0 Å². The third-order valence-corrected chi connectivity index (χ3v) is 5.66. The molecule has 1 aliphatic rings. The van der Waals surface area contributed by atoms with Crippen LogP contribution in [0.15, 0.2) is 66.7 Å². The van der Waals surface area contributed by atoms with Crippen molar-refractivity contribution in [3.63, 3.8) is 0 Å². The highest BCUT2D eigenvalue weighted by Gasteiger charge is 2.38. The Kier molecular flexibility index (Phi) is 5.64. The number of benzene rings is 3. The summed E-state index contributed by atoms with van der Waals surface area (Å²) in [6.45, 7) is 10.3. The van der Waals surface area contributed by atoms with E-state index in [1.165, 1.54) is 0 Å². The third kappa shape index (κ3) is 4.31. The van der Waals surface area contributed by atoms with Crippen LogP contribution in [0.25, 0.3) is 11.1 Å². The van der Waals surface area contributed by atoms with E-state index in [0.29, 0.717) is 12.1 Å². The second kappa shape index (κ2) is 8.27. The average Bonchev–Trinajstić information content (AvgIpc) is 2.80. The van der Waals surface area contributed by atoms with Crippen LogP contribution in [0.2, 0.25) is 0 Å². The normalized spacial score (nSPS) is 15.6. The first-order valence-corrected chi connectivity index (χ1v) is 11.0. The van der Waals surface area contributed by atoms with E-state index >= 15 is 0 Å². The molecule has 3 aromatic carbocycles. The lowest BCUT2D eigenvalue weighted by Gasteiger charge is -2.33. The Labute approximate surface area is 190 Å². The molecule has 164 valence electrons. The Morgan fingerprint density at radius 3 is 2.06 bits per heavy atom. The molecule has 1 heterocycles. The van der Waals surface area contributed by atoms with Gasteiger partial charge in [-0.15, -0.1) is 0 Å². The van der Waals surface area contributed by atoms with Gasteiger partial charge in [0.05, 0.1) is 0 Å². The summed E-state index contributed by atoms with van der Waals surface area (Å²) >= 11 is 0. The van der Waals surface area contributed by atoms with Gasteiger partial charge in [0.2, 0.25) is 5.91 Å².